The third kappa shape index (κ3) is 4.16. The van der Waals surface area contributed by atoms with Crippen LogP contribution in [0, 0.1) is 5.92 Å². The van der Waals surface area contributed by atoms with Gasteiger partial charge in [0.1, 0.15) is 18.1 Å². The Morgan fingerprint density at radius 3 is 2.73 bits per heavy atom. The molecule has 0 saturated heterocycles. The number of hydrogen-bond acceptors (Lipinski definition) is 4. The lowest BCUT2D eigenvalue weighted by molar-refractivity contribution is -0.122. The molecule has 0 unspecified atom stereocenters. The number of thiocarbonyl (C=S) groups is 1. The van der Waals surface area contributed by atoms with Crippen LogP contribution in [-0.2, 0) is 11.4 Å². The van der Waals surface area contributed by atoms with E-state index in [4.69, 9.17) is 21.7 Å². The first-order chi connectivity index (χ1) is 10.5. The number of amides is 1. The predicted octanol–water partition coefficient (Wildman–Crippen LogP) is 2.91. The van der Waals surface area contributed by atoms with Crippen LogP contribution in [0.2, 0.25) is 0 Å². The van der Waals surface area contributed by atoms with Gasteiger partial charge < -0.3 is 20.2 Å². The van der Waals surface area contributed by atoms with Crippen LogP contribution in [0.4, 0.5) is 5.69 Å². The number of benzene rings is 1. The van der Waals surface area contributed by atoms with E-state index in [0.29, 0.717) is 11.5 Å². The molecule has 5 nitrogen and oxygen atoms in total. The number of aliphatic hydroxyl groups excluding tert-OH is 1. The first-order valence-electron chi connectivity index (χ1n) is 6.91. The minimum atomic E-state index is -0.136. The van der Waals surface area contributed by atoms with Gasteiger partial charge in [0.15, 0.2) is 5.11 Å². The largest absolute Gasteiger partial charge is 0.459 e. The first-order valence-corrected chi connectivity index (χ1v) is 7.32. The van der Waals surface area contributed by atoms with Gasteiger partial charge in [-0.25, -0.2) is 0 Å². The van der Waals surface area contributed by atoms with Crippen molar-refractivity contribution in [1.29, 1.82) is 0 Å². The molecular weight excluding hydrogens is 300 g/mol. The van der Waals surface area contributed by atoms with Crippen LogP contribution < -0.4 is 10.6 Å². The molecule has 0 spiro atoms. The average molecular weight is 318 g/mol. The number of carbonyl (C=O) groups excluding carboxylic acids is 1. The van der Waals surface area contributed by atoms with Gasteiger partial charge in [-0.3, -0.25) is 4.79 Å². The van der Waals surface area contributed by atoms with E-state index in [0.717, 1.165) is 11.3 Å². The zero-order valence-electron chi connectivity index (χ0n) is 12.4. The SMILES string of the molecule is CC(C)C(=O)NC(=S)Nc1cccc(-c2ccc(CO)o2)c1. The molecule has 116 valence electrons. The molecule has 2 aromatic rings. The summed E-state index contributed by atoms with van der Waals surface area (Å²) in [4.78, 5) is 11.6. The van der Waals surface area contributed by atoms with Gasteiger partial charge in [0, 0.05) is 17.2 Å². The summed E-state index contributed by atoms with van der Waals surface area (Å²) in [7, 11) is 0. The standard InChI is InChI=1S/C16H18N2O3S/c1-10(2)15(20)18-16(22)17-12-5-3-4-11(8-12)14-7-6-13(9-19)21-14/h3-8,10,19H,9H2,1-2H3,(H2,17,18,20,22). The van der Waals surface area contributed by atoms with E-state index in [-0.39, 0.29) is 23.5 Å². The van der Waals surface area contributed by atoms with Crippen molar-refractivity contribution in [3.8, 4) is 11.3 Å². The molecule has 0 atom stereocenters. The van der Waals surface area contributed by atoms with Crippen molar-refractivity contribution in [2.45, 2.75) is 20.5 Å². The fraction of sp³-hybridized carbons (Fsp3) is 0.250. The van der Waals surface area contributed by atoms with Gasteiger partial charge in [-0.15, -0.1) is 0 Å². The fourth-order valence-electron chi connectivity index (χ4n) is 1.79. The quantitative estimate of drug-likeness (QED) is 0.756. The third-order valence-corrected chi connectivity index (χ3v) is 3.19. The number of anilines is 1. The Morgan fingerprint density at radius 1 is 1.32 bits per heavy atom. The maximum absolute atomic E-state index is 11.6. The highest BCUT2D eigenvalue weighted by atomic mass is 32.1. The normalized spacial score (nSPS) is 10.5. The van der Waals surface area contributed by atoms with E-state index in [1.807, 2.05) is 24.3 Å². The molecule has 6 heteroatoms. The van der Waals surface area contributed by atoms with Crippen LogP contribution in [0.3, 0.4) is 0 Å². The average Bonchev–Trinajstić information content (AvgIpc) is 2.96. The van der Waals surface area contributed by atoms with E-state index in [1.54, 1.807) is 26.0 Å². The Bertz CT molecular complexity index is 680. The summed E-state index contributed by atoms with van der Waals surface area (Å²) in [5.41, 5.74) is 1.59. The zero-order valence-corrected chi connectivity index (χ0v) is 13.2. The second-order valence-electron chi connectivity index (χ2n) is 5.10. The molecule has 1 amide bonds. The van der Waals surface area contributed by atoms with Gasteiger partial charge in [0.2, 0.25) is 5.91 Å². The maximum atomic E-state index is 11.6. The van der Waals surface area contributed by atoms with Crippen LogP contribution in [-0.4, -0.2) is 16.1 Å². The summed E-state index contributed by atoms with van der Waals surface area (Å²) >= 11 is 5.11. The lowest BCUT2D eigenvalue weighted by Crippen LogP contribution is -2.36. The van der Waals surface area contributed by atoms with Gasteiger partial charge >= 0.3 is 0 Å². The third-order valence-electron chi connectivity index (χ3n) is 2.98. The Hall–Kier alpha value is -2.18. The van der Waals surface area contributed by atoms with Gasteiger partial charge in [0.05, 0.1) is 0 Å². The van der Waals surface area contributed by atoms with Gasteiger partial charge in [-0.05, 0) is 36.5 Å². The van der Waals surface area contributed by atoms with Crippen LogP contribution in [0.25, 0.3) is 11.3 Å². The Balaban J connectivity index is 2.08. The van der Waals surface area contributed by atoms with Crippen molar-refractivity contribution < 1.29 is 14.3 Å². The highest BCUT2D eigenvalue weighted by molar-refractivity contribution is 7.80. The summed E-state index contributed by atoms with van der Waals surface area (Å²) in [5, 5.41) is 14.9. The smallest absolute Gasteiger partial charge is 0.228 e. The number of nitrogens with one attached hydrogen (secondary N) is 2. The van der Waals surface area contributed by atoms with Crippen LogP contribution in [0.15, 0.2) is 40.8 Å². The van der Waals surface area contributed by atoms with E-state index in [9.17, 15) is 4.79 Å². The number of rotatable bonds is 4. The monoisotopic (exact) mass is 318 g/mol. The van der Waals surface area contributed by atoms with Crippen molar-refractivity contribution in [2.75, 3.05) is 5.32 Å². The molecule has 0 fully saturated rings. The highest BCUT2D eigenvalue weighted by Gasteiger charge is 2.10. The molecule has 1 heterocycles. The second-order valence-corrected chi connectivity index (χ2v) is 5.51. The van der Waals surface area contributed by atoms with Crippen molar-refractivity contribution >= 4 is 28.9 Å². The molecule has 0 aliphatic heterocycles. The van der Waals surface area contributed by atoms with Crippen LogP contribution in [0.1, 0.15) is 19.6 Å². The van der Waals surface area contributed by atoms with Crippen molar-refractivity contribution in [1.82, 2.24) is 5.32 Å². The number of aliphatic hydroxyl groups is 1. The molecular formula is C16H18N2O3S. The maximum Gasteiger partial charge on any atom is 0.228 e. The van der Waals surface area contributed by atoms with Crippen LogP contribution >= 0.6 is 12.2 Å². The van der Waals surface area contributed by atoms with E-state index in [1.165, 1.54) is 0 Å². The van der Waals surface area contributed by atoms with E-state index < -0.39 is 0 Å². The second kappa shape index (κ2) is 7.20. The Morgan fingerprint density at radius 2 is 2.09 bits per heavy atom. The molecule has 2 rings (SSSR count). The lowest BCUT2D eigenvalue weighted by Gasteiger charge is -2.11. The summed E-state index contributed by atoms with van der Waals surface area (Å²) < 4.78 is 5.49. The molecule has 1 aromatic carbocycles. The van der Waals surface area contributed by atoms with Gasteiger partial charge in [0.25, 0.3) is 0 Å². The summed E-state index contributed by atoms with van der Waals surface area (Å²) in [5.74, 6) is 0.899. The highest BCUT2D eigenvalue weighted by Crippen LogP contribution is 2.24. The Kier molecular flexibility index (Phi) is 5.30. The number of hydrogen-bond donors (Lipinski definition) is 3. The molecule has 22 heavy (non-hydrogen) atoms. The molecule has 3 N–H and O–H groups in total. The zero-order chi connectivity index (χ0) is 16.1. The van der Waals surface area contributed by atoms with Gasteiger partial charge in [-0.2, -0.15) is 0 Å². The number of carbonyl (C=O) groups is 1. The van der Waals surface area contributed by atoms with Crippen LogP contribution in [0.5, 0.6) is 0 Å². The summed E-state index contributed by atoms with van der Waals surface area (Å²) in [6, 6.07) is 11.0. The first kappa shape index (κ1) is 16.2. The fourth-order valence-corrected chi connectivity index (χ4v) is 2.01. The summed E-state index contributed by atoms with van der Waals surface area (Å²) in [6.45, 7) is 3.46. The Labute approximate surface area is 134 Å². The molecule has 1 aromatic heterocycles. The van der Waals surface area contributed by atoms with Gasteiger partial charge in [-0.1, -0.05) is 26.0 Å². The topological polar surface area (TPSA) is 74.5 Å². The van der Waals surface area contributed by atoms with Crippen molar-refractivity contribution in [2.24, 2.45) is 5.92 Å². The minimum absolute atomic E-state index is 0.132. The van der Waals surface area contributed by atoms with Crippen molar-refractivity contribution in [3.63, 3.8) is 0 Å². The molecule has 0 bridgehead atoms. The molecule has 0 saturated carbocycles. The number of furan rings is 1. The molecule has 0 aliphatic carbocycles. The van der Waals surface area contributed by atoms with E-state index in [2.05, 4.69) is 10.6 Å². The predicted molar refractivity (Wildman–Crippen MR) is 89.3 cm³/mol. The minimum Gasteiger partial charge on any atom is -0.459 e. The van der Waals surface area contributed by atoms with E-state index >= 15 is 0 Å². The molecule has 0 aliphatic rings. The summed E-state index contributed by atoms with van der Waals surface area (Å²) in [6.07, 6.45) is 0. The van der Waals surface area contributed by atoms with Crippen molar-refractivity contribution in [3.05, 3.63) is 42.2 Å². The molecule has 0 radical (unpaired) electrons. The lowest BCUT2D eigenvalue weighted by atomic mass is 10.1.